The third kappa shape index (κ3) is 7.25. The molecule has 6 heteroatoms. The number of allylic oxidation sites excluding steroid dienone is 1. The molecule has 3 aromatic carbocycles. The normalized spacial score (nSPS) is 10.9. The summed E-state index contributed by atoms with van der Waals surface area (Å²) in [5.41, 5.74) is 5.40. The van der Waals surface area contributed by atoms with Gasteiger partial charge in [0.2, 0.25) is 0 Å². The molecule has 1 heterocycles. The molecule has 1 N–H and O–H groups in total. The van der Waals surface area contributed by atoms with E-state index in [0.717, 1.165) is 77.3 Å². The minimum absolute atomic E-state index is 0.0126. The molecule has 0 atom stereocenters. The van der Waals surface area contributed by atoms with Gasteiger partial charge in [-0.1, -0.05) is 48.5 Å². The monoisotopic (exact) mass is 511 g/mol. The SMILES string of the molecule is C=CCc1ccccc1OCCCn1c(CCCNC(=O)COc2cc(C)ccc2C)nc2ccccc21. The average molecular weight is 512 g/mol. The number of rotatable bonds is 14. The summed E-state index contributed by atoms with van der Waals surface area (Å²) in [5.74, 6) is 2.58. The van der Waals surface area contributed by atoms with Gasteiger partial charge in [0.15, 0.2) is 6.61 Å². The van der Waals surface area contributed by atoms with Crippen LogP contribution in [0.1, 0.15) is 35.4 Å². The number of carbonyl (C=O) groups excluding carboxylic acids is 1. The zero-order valence-electron chi connectivity index (χ0n) is 22.4. The predicted octanol–water partition coefficient (Wildman–Crippen LogP) is 5.98. The summed E-state index contributed by atoms with van der Waals surface area (Å²) in [6.07, 6.45) is 5.12. The lowest BCUT2D eigenvalue weighted by Crippen LogP contribution is -2.30. The van der Waals surface area contributed by atoms with Crippen molar-refractivity contribution in [2.75, 3.05) is 19.8 Å². The number of amides is 1. The summed E-state index contributed by atoms with van der Waals surface area (Å²) in [5, 5.41) is 2.97. The van der Waals surface area contributed by atoms with E-state index in [2.05, 4.69) is 28.6 Å². The van der Waals surface area contributed by atoms with Crippen molar-refractivity contribution in [2.24, 2.45) is 0 Å². The van der Waals surface area contributed by atoms with Crippen molar-refractivity contribution in [3.8, 4) is 11.5 Å². The van der Waals surface area contributed by atoms with E-state index in [1.165, 1.54) is 0 Å². The van der Waals surface area contributed by atoms with Gasteiger partial charge in [-0.3, -0.25) is 4.79 Å². The van der Waals surface area contributed by atoms with Crippen LogP contribution in [-0.2, 0) is 24.2 Å². The zero-order valence-corrected chi connectivity index (χ0v) is 22.4. The second kappa shape index (κ2) is 13.5. The number of hydrogen-bond donors (Lipinski definition) is 1. The lowest BCUT2D eigenvalue weighted by Gasteiger charge is -2.13. The summed E-state index contributed by atoms with van der Waals surface area (Å²) < 4.78 is 14.1. The summed E-state index contributed by atoms with van der Waals surface area (Å²) in [7, 11) is 0. The standard InChI is InChI=1S/C32H37N3O3/c1-4-11-26-12-5-8-15-29(26)37-21-10-20-35-28-14-7-6-13-27(28)34-31(35)16-9-19-33-32(36)23-38-30-22-24(2)17-18-25(30)3/h4-8,12-15,17-18,22H,1,9-11,16,19-21,23H2,2-3H3,(H,33,36). The van der Waals surface area contributed by atoms with Crippen LogP contribution in [0.15, 0.2) is 79.4 Å². The Morgan fingerprint density at radius 2 is 1.82 bits per heavy atom. The first-order valence-electron chi connectivity index (χ1n) is 13.3. The highest BCUT2D eigenvalue weighted by atomic mass is 16.5. The fourth-order valence-electron chi connectivity index (χ4n) is 4.47. The first-order valence-corrected chi connectivity index (χ1v) is 13.3. The fraction of sp³-hybridized carbons (Fsp3) is 0.312. The van der Waals surface area contributed by atoms with Crippen LogP contribution in [-0.4, -0.2) is 35.2 Å². The Balaban J connectivity index is 1.27. The number of imidazole rings is 1. The highest BCUT2D eigenvalue weighted by Crippen LogP contribution is 2.21. The van der Waals surface area contributed by atoms with Crippen molar-refractivity contribution in [3.05, 3.63) is 102 Å². The third-order valence-corrected chi connectivity index (χ3v) is 6.46. The quantitative estimate of drug-likeness (QED) is 0.167. The number of aryl methyl sites for hydroxylation is 4. The largest absolute Gasteiger partial charge is 0.493 e. The van der Waals surface area contributed by atoms with Crippen LogP contribution < -0.4 is 14.8 Å². The molecular weight excluding hydrogens is 474 g/mol. The number of para-hydroxylation sites is 3. The number of hydrogen-bond acceptors (Lipinski definition) is 4. The van der Waals surface area contributed by atoms with E-state index < -0.39 is 0 Å². The molecule has 6 nitrogen and oxygen atoms in total. The molecule has 38 heavy (non-hydrogen) atoms. The van der Waals surface area contributed by atoms with Crippen molar-refractivity contribution >= 4 is 16.9 Å². The van der Waals surface area contributed by atoms with E-state index in [4.69, 9.17) is 14.5 Å². The van der Waals surface area contributed by atoms with E-state index in [9.17, 15) is 4.79 Å². The van der Waals surface area contributed by atoms with Crippen molar-refractivity contribution in [1.29, 1.82) is 0 Å². The molecule has 0 spiro atoms. The molecule has 1 amide bonds. The lowest BCUT2D eigenvalue weighted by atomic mass is 10.1. The van der Waals surface area contributed by atoms with Gasteiger partial charge in [0, 0.05) is 19.5 Å². The highest BCUT2D eigenvalue weighted by Gasteiger charge is 2.11. The zero-order chi connectivity index (χ0) is 26.7. The van der Waals surface area contributed by atoms with Gasteiger partial charge in [-0.15, -0.1) is 6.58 Å². The molecule has 4 rings (SSSR count). The number of carbonyl (C=O) groups is 1. The van der Waals surface area contributed by atoms with E-state index in [1.807, 2.05) is 74.5 Å². The van der Waals surface area contributed by atoms with Crippen LogP contribution in [0.2, 0.25) is 0 Å². The Labute approximate surface area is 225 Å². The Morgan fingerprint density at radius 3 is 2.68 bits per heavy atom. The van der Waals surface area contributed by atoms with E-state index in [0.29, 0.717) is 13.2 Å². The second-order valence-electron chi connectivity index (χ2n) is 9.48. The van der Waals surface area contributed by atoms with Gasteiger partial charge in [0.25, 0.3) is 5.91 Å². The number of benzene rings is 3. The number of nitrogens with zero attached hydrogens (tertiary/aromatic N) is 2. The molecule has 0 saturated carbocycles. The second-order valence-corrected chi connectivity index (χ2v) is 9.48. The lowest BCUT2D eigenvalue weighted by molar-refractivity contribution is -0.123. The smallest absolute Gasteiger partial charge is 0.257 e. The number of nitrogens with one attached hydrogen (secondary N) is 1. The maximum atomic E-state index is 12.3. The number of ether oxygens (including phenoxy) is 2. The predicted molar refractivity (Wildman–Crippen MR) is 153 cm³/mol. The Hall–Kier alpha value is -4.06. The maximum Gasteiger partial charge on any atom is 0.257 e. The molecule has 0 aliphatic rings. The molecule has 0 radical (unpaired) electrons. The molecule has 0 fully saturated rings. The third-order valence-electron chi connectivity index (χ3n) is 6.46. The Kier molecular flexibility index (Phi) is 9.57. The number of aromatic nitrogens is 2. The molecule has 0 bridgehead atoms. The highest BCUT2D eigenvalue weighted by molar-refractivity contribution is 5.77. The Morgan fingerprint density at radius 1 is 1.00 bits per heavy atom. The first-order chi connectivity index (χ1) is 18.5. The molecule has 0 saturated heterocycles. The first kappa shape index (κ1) is 27.0. The number of fused-ring (bicyclic) bond motifs is 1. The molecule has 0 aliphatic heterocycles. The molecule has 198 valence electrons. The van der Waals surface area contributed by atoms with Gasteiger partial charge in [-0.2, -0.15) is 0 Å². The van der Waals surface area contributed by atoms with Crippen LogP contribution in [0.3, 0.4) is 0 Å². The van der Waals surface area contributed by atoms with Crippen molar-refractivity contribution in [2.45, 2.75) is 46.1 Å². The van der Waals surface area contributed by atoms with Gasteiger partial charge in [0.05, 0.1) is 17.6 Å². The van der Waals surface area contributed by atoms with Gasteiger partial charge < -0.3 is 19.4 Å². The Bertz CT molecular complexity index is 1380. The summed E-state index contributed by atoms with van der Waals surface area (Å²) >= 11 is 0. The van der Waals surface area contributed by atoms with Crippen LogP contribution in [0.4, 0.5) is 0 Å². The van der Waals surface area contributed by atoms with Gasteiger partial charge >= 0.3 is 0 Å². The molecule has 0 unspecified atom stereocenters. The molecule has 4 aromatic rings. The van der Waals surface area contributed by atoms with Crippen LogP contribution in [0, 0.1) is 13.8 Å². The van der Waals surface area contributed by atoms with Gasteiger partial charge in [-0.25, -0.2) is 4.98 Å². The average Bonchev–Trinajstić information content (AvgIpc) is 3.28. The summed E-state index contributed by atoms with van der Waals surface area (Å²) in [6.45, 7) is 9.85. The van der Waals surface area contributed by atoms with Gasteiger partial charge in [0.1, 0.15) is 17.3 Å². The van der Waals surface area contributed by atoms with Gasteiger partial charge in [-0.05, 0) is 74.1 Å². The summed E-state index contributed by atoms with van der Waals surface area (Å²) in [4.78, 5) is 17.2. The van der Waals surface area contributed by atoms with Crippen LogP contribution in [0.25, 0.3) is 11.0 Å². The molecule has 1 aromatic heterocycles. The van der Waals surface area contributed by atoms with E-state index in [-0.39, 0.29) is 12.5 Å². The van der Waals surface area contributed by atoms with Crippen LogP contribution in [0.5, 0.6) is 11.5 Å². The minimum atomic E-state index is -0.117. The fourth-order valence-corrected chi connectivity index (χ4v) is 4.47. The minimum Gasteiger partial charge on any atom is -0.493 e. The van der Waals surface area contributed by atoms with E-state index >= 15 is 0 Å². The van der Waals surface area contributed by atoms with Crippen LogP contribution >= 0.6 is 0 Å². The van der Waals surface area contributed by atoms with Crippen molar-refractivity contribution in [1.82, 2.24) is 14.9 Å². The molecular formula is C32H37N3O3. The van der Waals surface area contributed by atoms with Crippen molar-refractivity contribution in [3.63, 3.8) is 0 Å². The van der Waals surface area contributed by atoms with E-state index in [1.54, 1.807) is 0 Å². The topological polar surface area (TPSA) is 65.4 Å². The maximum absolute atomic E-state index is 12.3. The molecule has 0 aliphatic carbocycles. The summed E-state index contributed by atoms with van der Waals surface area (Å²) in [6, 6.07) is 22.3. The van der Waals surface area contributed by atoms with Crippen molar-refractivity contribution < 1.29 is 14.3 Å².